The number of nitrogen functional groups attached to an aromatic ring is 1. The lowest BCUT2D eigenvalue weighted by atomic mass is 9.94. The van der Waals surface area contributed by atoms with E-state index in [0.29, 0.717) is 5.39 Å². The Morgan fingerprint density at radius 3 is 2.41 bits per heavy atom. The van der Waals surface area contributed by atoms with E-state index in [4.69, 9.17) is 15.9 Å². The molecule has 1 heterocycles. The number of nitrogens with one attached hydrogen (secondary N) is 1. The number of Topliss-reactive ketones (excluding diaryl/α,β-unsaturated/α-hetero) is 1. The number of amides is 1. The van der Waals surface area contributed by atoms with Gasteiger partial charge >= 0.3 is 5.63 Å². The van der Waals surface area contributed by atoms with Gasteiger partial charge in [0.2, 0.25) is 5.91 Å². The summed E-state index contributed by atoms with van der Waals surface area (Å²) in [6.45, 7) is -0.258. The molecule has 7 heteroatoms. The molecule has 0 saturated carbocycles. The second kappa shape index (κ2) is 7.84. The Labute approximate surface area is 155 Å². The third-order valence-corrected chi connectivity index (χ3v) is 4.21. The van der Waals surface area contributed by atoms with Crippen molar-refractivity contribution in [2.24, 2.45) is 5.73 Å². The molecule has 5 N–H and O–H groups in total. The van der Waals surface area contributed by atoms with E-state index in [1.54, 1.807) is 24.3 Å². The number of nitrogens with two attached hydrogens (primary N) is 2. The first-order valence-electron chi connectivity index (χ1n) is 8.40. The van der Waals surface area contributed by atoms with Crippen molar-refractivity contribution >= 4 is 28.3 Å². The van der Waals surface area contributed by atoms with Gasteiger partial charge in [0.15, 0.2) is 5.78 Å². The first-order valence-corrected chi connectivity index (χ1v) is 8.40. The van der Waals surface area contributed by atoms with Crippen LogP contribution in [0.25, 0.3) is 11.0 Å². The Morgan fingerprint density at radius 2 is 1.70 bits per heavy atom. The van der Waals surface area contributed by atoms with Crippen molar-refractivity contribution < 1.29 is 14.0 Å². The molecule has 0 fully saturated rings. The van der Waals surface area contributed by atoms with Gasteiger partial charge in [-0.3, -0.25) is 9.59 Å². The van der Waals surface area contributed by atoms with Crippen LogP contribution in [0.3, 0.4) is 0 Å². The van der Waals surface area contributed by atoms with Gasteiger partial charge in [-0.1, -0.05) is 48.5 Å². The highest BCUT2D eigenvalue weighted by atomic mass is 16.4. The van der Waals surface area contributed by atoms with Crippen molar-refractivity contribution in [2.75, 3.05) is 12.3 Å². The van der Waals surface area contributed by atoms with E-state index in [0.717, 1.165) is 5.56 Å². The Balaban J connectivity index is 2.08. The van der Waals surface area contributed by atoms with Gasteiger partial charge in [-0.2, -0.15) is 0 Å². The monoisotopic (exact) mass is 365 g/mol. The van der Waals surface area contributed by atoms with Gasteiger partial charge in [0.1, 0.15) is 11.3 Å². The number of ketones is 1. The van der Waals surface area contributed by atoms with E-state index in [1.807, 2.05) is 30.3 Å². The van der Waals surface area contributed by atoms with Crippen molar-refractivity contribution in [1.82, 2.24) is 5.32 Å². The average Bonchev–Trinajstić information content (AvgIpc) is 2.68. The third kappa shape index (κ3) is 3.88. The lowest BCUT2D eigenvalue weighted by Gasteiger charge is -2.19. The highest BCUT2D eigenvalue weighted by Gasteiger charge is 2.27. The summed E-state index contributed by atoms with van der Waals surface area (Å²) in [6, 6.07) is 14.9. The van der Waals surface area contributed by atoms with E-state index >= 15 is 0 Å². The van der Waals surface area contributed by atoms with E-state index in [9.17, 15) is 14.4 Å². The molecule has 3 rings (SSSR count). The summed E-state index contributed by atoms with van der Waals surface area (Å²) >= 11 is 0. The van der Waals surface area contributed by atoms with Crippen LogP contribution in [0.1, 0.15) is 15.9 Å². The highest BCUT2D eigenvalue weighted by molar-refractivity contribution is 6.14. The molecule has 0 aliphatic rings. The normalized spacial score (nSPS) is 11.9. The summed E-state index contributed by atoms with van der Waals surface area (Å²) < 4.78 is 5.14. The second-order valence-electron chi connectivity index (χ2n) is 6.05. The van der Waals surface area contributed by atoms with Crippen LogP contribution < -0.4 is 22.4 Å². The number of para-hydroxylation sites is 1. The Bertz CT molecular complexity index is 1040. The highest BCUT2D eigenvalue weighted by Crippen LogP contribution is 2.23. The van der Waals surface area contributed by atoms with Crippen molar-refractivity contribution in [1.29, 1.82) is 0 Å². The van der Waals surface area contributed by atoms with E-state index < -0.39 is 23.4 Å². The Hall–Kier alpha value is -3.45. The third-order valence-electron chi connectivity index (χ3n) is 4.21. The first kappa shape index (κ1) is 18.3. The zero-order chi connectivity index (χ0) is 19.4. The number of hydrogen-bond donors (Lipinski definition) is 3. The molecular formula is C20H19N3O4. The molecule has 138 valence electrons. The van der Waals surface area contributed by atoms with Crippen LogP contribution in [0, 0.1) is 0 Å². The van der Waals surface area contributed by atoms with Gasteiger partial charge in [-0.25, -0.2) is 4.79 Å². The SMILES string of the molecule is NCC(=O)N[C@@H](Cc1ccccc1)C(=O)c1c(N)c(=O)oc2ccccc12. The maximum Gasteiger partial charge on any atom is 0.360 e. The maximum absolute atomic E-state index is 13.3. The lowest BCUT2D eigenvalue weighted by molar-refractivity contribution is -0.120. The largest absolute Gasteiger partial charge is 0.421 e. The van der Waals surface area contributed by atoms with E-state index in [1.165, 1.54) is 0 Å². The van der Waals surface area contributed by atoms with Crippen molar-refractivity contribution in [3.8, 4) is 0 Å². The van der Waals surface area contributed by atoms with Crippen LogP contribution in [0.4, 0.5) is 5.69 Å². The van der Waals surface area contributed by atoms with Gasteiger partial charge in [-0.05, 0) is 11.6 Å². The van der Waals surface area contributed by atoms with Gasteiger partial charge in [-0.15, -0.1) is 0 Å². The fraction of sp³-hybridized carbons (Fsp3) is 0.150. The van der Waals surface area contributed by atoms with Crippen molar-refractivity contribution in [3.05, 3.63) is 76.1 Å². The summed E-state index contributed by atoms with van der Waals surface area (Å²) in [5.74, 6) is -0.947. The molecule has 2 aromatic carbocycles. The second-order valence-corrected chi connectivity index (χ2v) is 6.05. The molecule has 1 aromatic heterocycles. The first-order chi connectivity index (χ1) is 13.0. The molecule has 7 nitrogen and oxygen atoms in total. The van der Waals surface area contributed by atoms with Crippen LogP contribution in [0.5, 0.6) is 0 Å². The molecule has 0 unspecified atom stereocenters. The van der Waals surface area contributed by atoms with E-state index in [-0.39, 0.29) is 29.8 Å². The topological polar surface area (TPSA) is 128 Å². The quantitative estimate of drug-likeness (QED) is 0.445. The standard InChI is InChI=1S/C20H19N3O4/c21-11-16(24)23-14(10-12-6-2-1-3-7-12)19(25)17-13-8-4-5-9-15(13)27-20(26)18(17)22/h1-9,14H,10-11,21-22H2,(H,23,24)/t14-/m0/s1. The summed E-state index contributed by atoms with van der Waals surface area (Å²) in [5.41, 5.74) is 11.3. The minimum Gasteiger partial charge on any atom is -0.421 e. The summed E-state index contributed by atoms with van der Waals surface area (Å²) in [4.78, 5) is 37.2. The Kier molecular flexibility index (Phi) is 5.33. The minimum absolute atomic E-state index is 0.0418. The molecule has 0 spiro atoms. The fourth-order valence-corrected chi connectivity index (χ4v) is 2.92. The molecule has 0 aliphatic carbocycles. The average molecular weight is 365 g/mol. The molecule has 0 bridgehead atoms. The van der Waals surface area contributed by atoms with Gasteiger partial charge in [0.25, 0.3) is 0 Å². The molecule has 1 atom stereocenters. The summed E-state index contributed by atoms with van der Waals surface area (Å²) in [5, 5.41) is 3.04. The molecule has 1 amide bonds. The predicted octanol–water partition coefficient (Wildman–Crippen LogP) is 1.24. The molecule has 27 heavy (non-hydrogen) atoms. The van der Waals surface area contributed by atoms with Crippen LogP contribution in [0.15, 0.2) is 63.8 Å². The number of anilines is 1. The number of hydrogen-bond acceptors (Lipinski definition) is 6. The smallest absolute Gasteiger partial charge is 0.360 e. The fourth-order valence-electron chi connectivity index (χ4n) is 2.92. The van der Waals surface area contributed by atoms with Crippen LogP contribution in [0.2, 0.25) is 0 Å². The maximum atomic E-state index is 13.3. The van der Waals surface area contributed by atoms with Crippen molar-refractivity contribution in [3.63, 3.8) is 0 Å². The number of carbonyl (C=O) groups is 2. The number of carbonyl (C=O) groups excluding carboxylic acids is 2. The van der Waals surface area contributed by atoms with E-state index in [2.05, 4.69) is 5.32 Å². The van der Waals surface area contributed by atoms with Gasteiger partial charge in [0, 0.05) is 11.8 Å². The molecule has 0 radical (unpaired) electrons. The molecule has 0 saturated heterocycles. The number of benzene rings is 2. The molecule has 0 aliphatic heterocycles. The molecule has 3 aromatic rings. The predicted molar refractivity (Wildman–Crippen MR) is 102 cm³/mol. The van der Waals surface area contributed by atoms with Crippen molar-refractivity contribution in [2.45, 2.75) is 12.5 Å². The Morgan fingerprint density at radius 1 is 1.04 bits per heavy atom. The lowest BCUT2D eigenvalue weighted by Crippen LogP contribution is -2.45. The van der Waals surface area contributed by atoms with Crippen LogP contribution in [-0.2, 0) is 11.2 Å². The van der Waals surface area contributed by atoms with Crippen LogP contribution >= 0.6 is 0 Å². The van der Waals surface area contributed by atoms with Crippen LogP contribution in [-0.4, -0.2) is 24.3 Å². The number of fused-ring (bicyclic) bond motifs is 1. The summed E-state index contributed by atoms with van der Waals surface area (Å²) in [7, 11) is 0. The number of rotatable bonds is 6. The molecular weight excluding hydrogens is 346 g/mol. The summed E-state index contributed by atoms with van der Waals surface area (Å²) in [6.07, 6.45) is 0.236. The minimum atomic E-state index is -0.920. The van der Waals surface area contributed by atoms with Gasteiger partial charge in [0.05, 0.1) is 18.2 Å². The zero-order valence-electron chi connectivity index (χ0n) is 14.5. The van der Waals surface area contributed by atoms with Gasteiger partial charge < -0.3 is 21.2 Å². The zero-order valence-corrected chi connectivity index (χ0v) is 14.5.